The number of halogens is 1. The van der Waals surface area contributed by atoms with E-state index in [0.29, 0.717) is 11.6 Å². The van der Waals surface area contributed by atoms with Crippen LogP contribution in [0.4, 0.5) is 4.79 Å². The second-order valence-electron chi connectivity index (χ2n) is 4.22. The van der Waals surface area contributed by atoms with E-state index in [1.807, 2.05) is 48.5 Å². The highest BCUT2D eigenvalue weighted by Crippen LogP contribution is 2.15. The van der Waals surface area contributed by atoms with Crippen molar-refractivity contribution < 1.29 is 9.53 Å². The Kier molecular flexibility index (Phi) is 5.17. The third-order valence-electron chi connectivity index (χ3n) is 2.59. The molecule has 2 aromatic carbocycles. The lowest BCUT2D eigenvalue weighted by Crippen LogP contribution is -2.24. The molecule has 6 heteroatoms. The fourth-order valence-electron chi connectivity index (χ4n) is 1.57. The Morgan fingerprint density at radius 3 is 2.48 bits per heavy atom. The summed E-state index contributed by atoms with van der Waals surface area (Å²) in [6.45, 7) is 0.466. The van der Waals surface area contributed by atoms with Crippen LogP contribution < -0.4 is 15.9 Å². The number of hydrogen-bond donors (Lipinski definition) is 2. The molecule has 3 N–H and O–H groups in total. The van der Waals surface area contributed by atoms with E-state index in [0.717, 1.165) is 16.9 Å². The Labute approximate surface area is 127 Å². The van der Waals surface area contributed by atoms with Crippen LogP contribution in [0.5, 0.6) is 5.75 Å². The van der Waals surface area contributed by atoms with E-state index in [4.69, 9.17) is 22.1 Å². The van der Waals surface area contributed by atoms with Gasteiger partial charge in [-0.15, -0.1) is 0 Å². The van der Waals surface area contributed by atoms with Crippen LogP contribution in [0.25, 0.3) is 0 Å². The fraction of sp³-hybridized carbons (Fsp3) is 0.0667. The number of nitrogens with zero attached hydrogens (tertiary/aromatic N) is 1. The molecule has 2 rings (SSSR count). The molecule has 21 heavy (non-hydrogen) atoms. The third-order valence-corrected chi connectivity index (χ3v) is 2.84. The Balaban J connectivity index is 1.88. The normalized spacial score (nSPS) is 10.5. The van der Waals surface area contributed by atoms with Crippen LogP contribution in [-0.4, -0.2) is 12.2 Å². The molecule has 108 valence electrons. The topological polar surface area (TPSA) is 76.7 Å². The Morgan fingerprint density at radius 1 is 1.19 bits per heavy atom. The zero-order chi connectivity index (χ0) is 15.1. The van der Waals surface area contributed by atoms with Crippen molar-refractivity contribution in [3.8, 4) is 5.75 Å². The number of rotatable bonds is 5. The standard InChI is InChI=1S/C15H14ClN3O2/c16-13-5-1-12(2-6-13)10-21-14-7-3-11(4-8-14)9-18-19-15(17)20/h1-9H,10H2,(H3,17,19,20). The molecule has 0 heterocycles. The second kappa shape index (κ2) is 7.31. The molecule has 0 aromatic heterocycles. The zero-order valence-electron chi connectivity index (χ0n) is 11.1. The number of primary amides is 1. The molecule has 0 aliphatic heterocycles. The maximum Gasteiger partial charge on any atom is 0.332 e. The lowest BCUT2D eigenvalue weighted by atomic mass is 10.2. The van der Waals surface area contributed by atoms with Crippen molar-refractivity contribution in [1.82, 2.24) is 5.43 Å². The van der Waals surface area contributed by atoms with Gasteiger partial charge in [-0.25, -0.2) is 10.2 Å². The summed E-state index contributed by atoms with van der Waals surface area (Å²) >= 11 is 5.82. The van der Waals surface area contributed by atoms with Gasteiger partial charge in [0.15, 0.2) is 0 Å². The van der Waals surface area contributed by atoms with Crippen molar-refractivity contribution in [1.29, 1.82) is 0 Å². The predicted molar refractivity (Wildman–Crippen MR) is 82.5 cm³/mol. The first-order valence-electron chi connectivity index (χ1n) is 6.19. The number of carbonyl (C=O) groups is 1. The van der Waals surface area contributed by atoms with Gasteiger partial charge in [0.05, 0.1) is 6.21 Å². The van der Waals surface area contributed by atoms with E-state index >= 15 is 0 Å². The smallest absolute Gasteiger partial charge is 0.332 e. The average molecular weight is 304 g/mol. The van der Waals surface area contributed by atoms with Crippen molar-refractivity contribution in [2.75, 3.05) is 0 Å². The van der Waals surface area contributed by atoms with Gasteiger partial charge in [0.25, 0.3) is 0 Å². The van der Waals surface area contributed by atoms with Gasteiger partial charge >= 0.3 is 6.03 Å². The number of nitrogens with one attached hydrogen (secondary N) is 1. The lowest BCUT2D eigenvalue weighted by molar-refractivity contribution is 0.249. The first-order valence-corrected chi connectivity index (χ1v) is 6.57. The molecule has 0 unspecified atom stereocenters. The minimum absolute atomic E-state index is 0.466. The van der Waals surface area contributed by atoms with E-state index < -0.39 is 6.03 Å². The van der Waals surface area contributed by atoms with Crippen LogP contribution in [0.15, 0.2) is 53.6 Å². The van der Waals surface area contributed by atoms with Crippen molar-refractivity contribution >= 4 is 23.8 Å². The molecule has 0 saturated heterocycles. The molecule has 2 amide bonds. The molecule has 0 radical (unpaired) electrons. The number of ether oxygens (including phenoxy) is 1. The monoisotopic (exact) mass is 303 g/mol. The lowest BCUT2D eigenvalue weighted by Gasteiger charge is -2.06. The average Bonchev–Trinajstić information content (AvgIpc) is 2.48. The summed E-state index contributed by atoms with van der Waals surface area (Å²) in [5.74, 6) is 0.741. The molecule has 0 saturated carbocycles. The van der Waals surface area contributed by atoms with E-state index in [9.17, 15) is 4.79 Å². The summed E-state index contributed by atoms with van der Waals surface area (Å²) in [7, 11) is 0. The van der Waals surface area contributed by atoms with Crippen molar-refractivity contribution in [3.63, 3.8) is 0 Å². The summed E-state index contributed by atoms with van der Waals surface area (Å²) in [4.78, 5) is 10.5. The number of carbonyl (C=O) groups excluding carboxylic acids is 1. The summed E-state index contributed by atoms with van der Waals surface area (Å²) in [5, 5.41) is 4.37. The van der Waals surface area contributed by atoms with E-state index in [1.165, 1.54) is 6.21 Å². The van der Waals surface area contributed by atoms with Crippen LogP contribution >= 0.6 is 11.6 Å². The van der Waals surface area contributed by atoms with Crippen molar-refractivity contribution in [2.24, 2.45) is 10.8 Å². The second-order valence-corrected chi connectivity index (χ2v) is 4.65. The number of urea groups is 1. The molecule has 0 bridgehead atoms. The molecule has 0 spiro atoms. The van der Waals surface area contributed by atoms with Crippen LogP contribution in [0.2, 0.25) is 5.02 Å². The van der Waals surface area contributed by atoms with E-state index in [-0.39, 0.29) is 0 Å². The third kappa shape index (κ3) is 5.16. The van der Waals surface area contributed by atoms with Crippen LogP contribution in [0, 0.1) is 0 Å². The van der Waals surface area contributed by atoms with Gasteiger partial charge in [0.2, 0.25) is 0 Å². The number of hydrogen-bond acceptors (Lipinski definition) is 3. The minimum Gasteiger partial charge on any atom is -0.489 e. The largest absolute Gasteiger partial charge is 0.489 e. The summed E-state index contributed by atoms with van der Waals surface area (Å²) in [6, 6.07) is 14.1. The Bertz CT molecular complexity index is 624. The molecule has 0 atom stereocenters. The highest BCUT2D eigenvalue weighted by Gasteiger charge is 1.97. The van der Waals surface area contributed by atoms with Gasteiger partial charge in [-0.3, -0.25) is 0 Å². The number of amides is 2. The Morgan fingerprint density at radius 2 is 1.86 bits per heavy atom. The van der Waals surface area contributed by atoms with Crippen LogP contribution in [0.3, 0.4) is 0 Å². The van der Waals surface area contributed by atoms with Crippen LogP contribution in [-0.2, 0) is 6.61 Å². The van der Waals surface area contributed by atoms with E-state index in [1.54, 1.807) is 0 Å². The zero-order valence-corrected chi connectivity index (χ0v) is 11.9. The highest BCUT2D eigenvalue weighted by atomic mass is 35.5. The maximum atomic E-state index is 10.5. The maximum absolute atomic E-state index is 10.5. The molecular weight excluding hydrogens is 290 g/mol. The molecule has 5 nitrogen and oxygen atoms in total. The SMILES string of the molecule is NC(=O)NN=Cc1ccc(OCc2ccc(Cl)cc2)cc1. The quantitative estimate of drug-likeness (QED) is 0.658. The number of hydrazone groups is 1. The van der Waals surface area contributed by atoms with Gasteiger partial charge in [0, 0.05) is 5.02 Å². The molecule has 0 aliphatic rings. The fourth-order valence-corrected chi connectivity index (χ4v) is 1.69. The minimum atomic E-state index is -0.700. The van der Waals surface area contributed by atoms with Crippen molar-refractivity contribution in [3.05, 3.63) is 64.7 Å². The molecular formula is C15H14ClN3O2. The van der Waals surface area contributed by atoms with E-state index in [2.05, 4.69) is 10.5 Å². The predicted octanol–water partition coefficient (Wildman–Crippen LogP) is 2.92. The number of nitrogens with two attached hydrogens (primary N) is 1. The first kappa shape index (κ1) is 14.9. The van der Waals surface area contributed by atoms with Gasteiger partial charge in [-0.05, 0) is 47.5 Å². The van der Waals surface area contributed by atoms with Gasteiger partial charge < -0.3 is 10.5 Å². The highest BCUT2D eigenvalue weighted by molar-refractivity contribution is 6.30. The number of benzene rings is 2. The molecule has 2 aromatic rings. The van der Waals surface area contributed by atoms with Gasteiger partial charge in [-0.1, -0.05) is 23.7 Å². The first-order chi connectivity index (χ1) is 10.1. The van der Waals surface area contributed by atoms with Crippen LogP contribution in [0.1, 0.15) is 11.1 Å². The molecule has 0 aliphatic carbocycles. The summed E-state index contributed by atoms with van der Waals surface area (Å²) in [6.07, 6.45) is 1.49. The van der Waals surface area contributed by atoms with Gasteiger partial charge in [-0.2, -0.15) is 5.10 Å². The Hall–Kier alpha value is -2.53. The van der Waals surface area contributed by atoms with Crippen molar-refractivity contribution in [2.45, 2.75) is 6.61 Å². The van der Waals surface area contributed by atoms with Gasteiger partial charge in [0.1, 0.15) is 12.4 Å². The molecule has 0 fully saturated rings. The summed E-state index contributed by atoms with van der Waals surface area (Å²) in [5.41, 5.74) is 8.88. The summed E-state index contributed by atoms with van der Waals surface area (Å²) < 4.78 is 5.65.